The first-order valence-corrected chi connectivity index (χ1v) is 12.9. The minimum absolute atomic E-state index is 0.00590. The van der Waals surface area contributed by atoms with E-state index in [0.29, 0.717) is 0 Å². The Labute approximate surface area is 187 Å². The van der Waals surface area contributed by atoms with E-state index in [2.05, 4.69) is 88.4 Å². The maximum Gasteiger partial charge on any atom is 0.307 e. The fourth-order valence-corrected chi connectivity index (χ4v) is 9.17. The first-order chi connectivity index (χ1) is 14.7. The van der Waals surface area contributed by atoms with Crippen LogP contribution < -0.4 is 10.4 Å². The van der Waals surface area contributed by atoms with Crippen LogP contribution in [0.2, 0.25) is 5.04 Å². The predicted molar refractivity (Wildman–Crippen MR) is 127 cm³/mol. The van der Waals surface area contributed by atoms with Crippen molar-refractivity contribution >= 4 is 24.7 Å². The molecule has 0 amide bonds. The summed E-state index contributed by atoms with van der Waals surface area (Å²) in [6, 6.07) is 21.3. The van der Waals surface area contributed by atoms with Crippen LogP contribution in [0.25, 0.3) is 0 Å². The maximum absolute atomic E-state index is 11.0. The summed E-state index contributed by atoms with van der Waals surface area (Å²) < 4.78 is 18.3. The summed E-state index contributed by atoms with van der Waals surface area (Å²) in [5.74, 6) is -0.325. The topological polar surface area (TPSA) is 44.8 Å². The molecule has 0 unspecified atom stereocenters. The highest BCUT2D eigenvalue weighted by Crippen LogP contribution is 2.39. The zero-order valence-corrected chi connectivity index (χ0v) is 20.2. The summed E-state index contributed by atoms with van der Waals surface area (Å²) in [7, 11) is -2.61. The molecule has 3 atom stereocenters. The lowest BCUT2D eigenvalue weighted by molar-refractivity contribution is -0.135. The van der Waals surface area contributed by atoms with E-state index in [9.17, 15) is 4.79 Å². The van der Waals surface area contributed by atoms with Crippen LogP contribution in [0.5, 0.6) is 0 Å². The summed E-state index contributed by atoms with van der Waals surface area (Å²) in [6.45, 7) is 10.4. The highest BCUT2D eigenvalue weighted by Gasteiger charge is 2.52. The lowest BCUT2D eigenvalue weighted by Crippen LogP contribution is -2.68. The number of ether oxygens (including phenoxy) is 2. The molecule has 2 aromatic rings. The van der Waals surface area contributed by atoms with Gasteiger partial charge in [-0.25, -0.2) is 0 Å². The van der Waals surface area contributed by atoms with Gasteiger partial charge in [-0.15, -0.1) is 0 Å². The molecule has 166 valence electrons. The first kappa shape index (κ1) is 23.5. The average Bonchev–Trinajstić information content (AvgIpc) is 3.21. The largest absolute Gasteiger partial charge is 0.435 e. The Morgan fingerprint density at radius 2 is 1.58 bits per heavy atom. The number of carbonyl (C=O) groups excluding carboxylic acids is 1. The van der Waals surface area contributed by atoms with E-state index in [1.165, 1.54) is 23.6 Å². The minimum atomic E-state index is -2.61. The smallest absolute Gasteiger partial charge is 0.307 e. The molecule has 31 heavy (non-hydrogen) atoms. The maximum atomic E-state index is 11.0. The number of esters is 1. The van der Waals surface area contributed by atoms with E-state index >= 15 is 0 Å². The van der Waals surface area contributed by atoms with Gasteiger partial charge in [0.2, 0.25) is 0 Å². The minimum Gasteiger partial charge on any atom is -0.435 e. The molecule has 1 aliphatic heterocycles. The molecule has 0 aliphatic carbocycles. The molecular weight excluding hydrogens is 404 g/mol. The van der Waals surface area contributed by atoms with Crippen molar-refractivity contribution < 1.29 is 18.7 Å². The Balaban J connectivity index is 1.89. The Kier molecular flexibility index (Phi) is 7.52. The third-order valence-corrected chi connectivity index (χ3v) is 11.0. The molecule has 5 heteroatoms. The fourth-order valence-electron chi connectivity index (χ4n) is 4.44. The Morgan fingerprint density at radius 1 is 1.03 bits per heavy atom. The number of carbonyl (C=O) groups is 1. The van der Waals surface area contributed by atoms with Gasteiger partial charge in [-0.3, -0.25) is 4.79 Å². The molecule has 3 rings (SSSR count). The number of hydrogen-bond acceptors (Lipinski definition) is 4. The molecule has 0 N–H and O–H groups in total. The van der Waals surface area contributed by atoms with Gasteiger partial charge in [0.05, 0.1) is 24.6 Å². The van der Waals surface area contributed by atoms with Gasteiger partial charge in [0, 0.05) is 6.92 Å². The van der Waals surface area contributed by atoms with Crippen molar-refractivity contribution in [3.05, 3.63) is 73.0 Å². The van der Waals surface area contributed by atoms with E-state index in [4.69, 9.17) is 13.9 Å². The molecule has 2 aromatic carbocycles. The highest BCUT2D eigenvalue weighted by molar-refractivity contribution is 6.99. The van der Waals surface area contributed by atoms with Crippen LogP contribution in [0, 0.1) is 0 Å². The molecule has 1 fully saturated rings. The SMILES string of the molecule is CC(=O)O/C=C/[C@H]1CC[C@H]([C@@H](C)O[Si](c2ccccc2)(c2ccccc2)C(C)(C)C)O1. The molecule has 4 nitrogen and oxygen atoms in total. The van der Waals surface area contributed by atoms with Gasteiger partial charge in [0.15, 0.2) is 0 Å². The van der Waals surface area contributed by atoms with Crippen molar-refractivity contribution in [2.75, 3.05) is 0 Å². The second-order valence-corrected chi connectivity index (χ2v) is 13.5. The second kappa shape index (κ2) is 9.94. The van der Waals surface area contributed by atoms with Crippen LogP contribution in [0.1, 0.15) is 47.5 Å². The fraction of sp³-hybridized carbons (Fsp3) is 0.423. The summed E-state index contributed by atoms with van der Waals surface area (Å²) in [5, 5.41) is 2.46. The number of rotatable bonds is 7. The Morgan fingerprint density at radius 3 is 2.06 bits per heavy atom. The van der Waals surface area contributed by atoms with E-state index in [0.717, 1.165) is 12.8 Å². The van der Waals surface area contributed by atoms with Crippen molar-refractivity contribution in [3.63, 3.8) is 0 Å². The van der Waals surface area contributed by atoms with Gasteiger partial charge in [0.1, 0.15) is 0 Å². The first-order valence-electron chi connectivity index (χ1n) is 11.0. The van der Waals surface area contributed by atoms with Crippen molar-refractivity contribution in [1.29, 1.82) is 0 Å². The van der Waals surface area contributed by atoms with Crippen molar-refractivity contribution in [2.45, 2.75) is 70.8 Å². The summed E-state index contributed by atoms with van der Waals surface area (Å²) in [6.07, 6.45) is 4.91. The number of benzene rings is 2. The zero-order valence-electron chi connectivity index (χ0n) is 19.2. The van der Waals surface area contributed by atoms with Crippen LogP contribution in [-0.2, 0) is 18.7 Å². The highest BCUT2D eigenvalue weighted by atomic mass is 28.4. The molecule has 0 spiro atoms. The Hall–Kier alpha value is -2.21. The molecule has 0 saturated carbocycles. The number of hydrogen-bond donors (Lipinski definition) is 0. The Bertz CT molecular complexity index is 834. The van der Waals surface area contributed by atoms with Gasteiger partial charge < -0.3 is 13.9 Å². The van der Waals surface area contributed by atoms with Crippen molar-refractivity contribution in [2.24, 2.45) is 0 Å². The molecule has 0 aromatic heterocycles. The van der Waals surface area contributed by atoms with Crippen molar-refractivity contribution in [3.8, 4) is 0 Å². The molecule has 1 heterocycles. The van der Waals surface area contributed by atoms with Crippen LogP contribution >= 0.6 is 0 Å². The van der Waals surface area contributed by atoms with Crippen LogP contribution in [0.15, 0.2) is 73.0 Å². The standard InChI is InChI=1S/C26H34O4Si/c1-20(25-17-16-22(29-25)18-19-28-21(2)27)30-31(26(3,4)5,23-12-8-6-9-13-23)24-14-10-7-11-15-24/h6-15,18-20,22,25H,16-17H2,1-5H3/b19-18+/t20-,22-,25-/m1/s1. The quantitative estimate of drug-likeness (QED) is 0.361. The predicted octanol–water partition coefficient (Wildman–Crippen LogP) is 4.58. The molecule has 1 aliphatic rings. The molecule has 0 radical (unpaired) electrons. The third-order valence-electron chi connectivity index (χ3n) is 5.92. The lowest BCUT2D eigenvalue weighted by Gasteiger charge is -2.45. The van der Waals surface area contributed by atoms with E-state index in [1.54, 1.807) is 0 Å². The van der Waals surface area contributed by atoms with Gasteiger partial charge >= 0.3 is 5.97 Å². The van der Waals surface area contributed by atoms with Gasteiger partial charge in [-0.1, -0.05) is 81.4 Å². The second-order valence-electron chi connectivity index (χ2n) is 9.21. The van der Waals surface area contributed by atoms with Crippen LogP contribution in [0.4, 0.5) is 0 Å². The summed E-state index contributed by atoms with van der Waals surface area (Å²) >= 11 is 0. The molecular formula is C26H34O4Si. The normalized spacial score (nSPS) is 20.7. The summed E-state index contributed by atoms with van der Waals surface area (Å²) in [4.78, 5) is 11.0. The van der Waals surface area contributed by atoms with Crippen LogP contribution in [-0.4, -0.2) is 32.6 Å². The van der Waals surface area contributed by atoms with Crippen molar-refractivity contribution in [1.82, 2.24) is 0 Å². The van der Waals surface area contributed by atoms with E-state index in [-0.39, 0.29) is 29.3 Å². The van der Waals surface area contributed by atoms with E-state index < -0.39 is 8.32 Å². The van der Waals surface area contributed by atoms with Gasteiger partial charge in [-0.2, -0.15) is 0 Å². The zero-order chi connectivity index (χ0) is 22.5. The van der Waals surface area contributed by atoms with Gasteiger partial charge in [0.25, 0.3) is 8.32 Å². The van der Waals surface area contributed by atoms with Gasteiger partial charge in [-0.05, 0) is 41.3 Å². The van der Waals surface area contributed by atoms with E-state index in [1.807, 2.05) is 6.08 Å². The molecule has 0 bridgehead atoms. The lowest BCUT2D eigenvalue weighted by atomic mass is 10.1. The molecule has 1 saturated heterocycles. The average molecular weight is 439 g/mol. The monoisotopic (exact) mass is 438 g/mol. The van der Waals surface area contributed by atoms with Crippen LogP contribution in [0.3, 0.4) is 0 Å². The summed E-state index contributed by atoms with van der Waals surface area (Å²) in [5.41, 5.74) is 0. The third kappa shape index (κ3) is 5.35.